The normalized spacial score (nSPS) is 27.6. The standard InChI is InChI=1S/C18H17N3O4/c1-10(22)20-9-13-8-12(3-2-11-4-6-19-7-5-11)15(18(24)25)21-14(13)16(20)17(21)23/h2-7,13-14,16H,8-9H2,1H3,(H,24,25)/b3-2+/t13-,14-,16+/m1/s1. The molecule has 0 radical (unpaired) electrons. The summed E-state index contributed by atoms with van der Waals surface area (Å²) in [6.07, 6.45) is 7.44. The van der Waals surface area contributed by atoms with E-state index in [2.05, 4.69) is 4.98 Å². The Morgan fingerprint density at radius 1 is 1.28 bits per heavy atom. The fraction of sp³-hybridized carbons (Fsp3) is 0.333. The lowest BCUT2D eigenvalue weighted by atomic mass is 9.79. The van der Waals surface area contributed by atoms with Crippen molar-refractivity contribution in [2.24, 2.45) is 5.92 Å². The van der Waals surface area contributed by atoms with Crippen LogP contribution in [0.15, 0.2) is 41.9 Å². The van der Waals surface area contributed by atoms with Crippen LogP contribution in [-0.2, 0) is 14.4 Å². The predicted octanol–water partition coefficient (Wildman–Crippen LogP) is 0.895. The Kier molecular flexibility index (Phi) is 3.45. The van der Waals surface area contributed by atoms with Gasteiger partial charge in [0, 0.05) is 31.8 Å². The molecule has 2 fully saturated rings. The van der Waals surface area contributed by atoms with Crippen LogP contribution in [0.1, 0.15) is 18.9 Å². The second kappa shape index (κ2) is 5.54. The second-order valence-electron chi connectivity index (χ2n) is 6.57. The predicted molar refractivity (Wildman–Crippen MR) is 87.8 cm³/mol. The number of carboxylic acids is 1. The highest BCUT2D eigenvalue weighted by molar-refractivity contribution is 6.02. The minimum atomic E-state index is -1.11. The Bertz CT molecular complexity index is 830. The zero-order valence-corrected chi connectivity index (χ0v) is 13.6. The Labute approximate surface area is 144 Å². The first kappa shape index (κ1) is 15.6. The number of likely N-dealkylation sites (tertiary alicyclic amines) is 1. The van der Waals surface area contributed by atoms with E-state index >= 15 is 0 Å². The van der Waals surface area contributed by atoms with Crippen molar-refractivity contribution in [2.75, 3.05) is 6.54 Å². The van der Waals surface area contributed by atoms with Crippen LogP contribution in [0.2, 0.25) is 0 Å². The van der Waals surface area contributed by atoms with Crippen LogP contribution in [0.4, 0.5) is 0 Å². The van der Waals surface area contributed by atoms with Crippen molar-refractivity contribution in [1.82, 2.24) is 14.8 Å². The fourth-order valence-electron chi connectivity index (χ4n) is 4.12. The van der Waals surface area contributed by atoms with Crippen LogP contribution in [-0.4, -0.2) is 56.3 Å². The van der Waals surface area contributed by atoms with E-state index in [1.54, 1.807) is 23.4 Å². The molecule has 128 valence electrons. The van der Waals surface area contributed by atoms with Gasteiger partial charge in [-0.1, -0.05) is 12.2 Å². The number of β-lactam (4-membered cyclic amide) rings is 1. The summed E-state index contributed by atoms with van der Waals surface area (Å²) in [7, 11) is 0. The molecule has 4 rings (SSSR count). The van der Waals surface area contributed by atoms with Gasteiger partial charge in [0.05, 0.1) is 6.04 Å². The number of carbonyl (C=O) groups is 3. The molecule has 3 aliphatic rings. The molecule has 1 aromatic rings. The van der Waals surface area contributed by atoms with Crippen molar-refractivity contribution >= 4 is 23.9 Å². The van der Waals surface area contributed by atoms with Gasteiger partial charge in [0.1, 0.15) is 11.7 Å². The number of nitrogens with zero attached hydrogens (tertiary/aromatic N) is 3. The monoisotopic (exact) mass is 339 g/mol. The van der Waals surface area contributed by atoms with E-state index in [0.717, 1.165) is 5.56 Å². The molecule has 1 aromatic heterocycles. The summed E-state index contributed by atoms with van der Waals surface area (Å²) >= 11 is 0. The van der Waals surface area contributed by atoms with E-state index in [1.165, 1.54) is 11.8 Å². The van der Waals surface area contributed by atoms with E-state index in [9.17, 15) is 19.5 Å². The summed E-state index contributed by atoms with van der Waals surface area (Å²) < 4.78 is 0. The van der Waals surface area contributed by atoms with Crippen molar-refractivity contribution in [2.45, 2.75) is 25.4 Å². The molecule has 0 aliphatic carbocycles. The van der Waals surface area contributed by atoms with Gasteiger partial charge in [0.25, 0.3) is 5.91 Å². The number of pyridine rings is 1. The number of carbonyl (C=O) groups excluding carboxylic acids is 2. The zero-order chi connectivity index (χ0) is 17.7. The molecule has 4 heterocycles. The Morgan fingerprint density at radius 3 is 2.64 bits per heavy atom. The molecule has 0 spiro atoms. The topological polar surface area (TPSA) is 90.8 Å². The zero-order valence-electron chi connectivity index (χ0n) is 13.6. The summed E-state index contributed by atoms with van der Waals surface area (Å²) in [5.74, 6) is -1.47. The van der Waals surface area contributed by atoms with E-state index in [0.29, 0.717) is 18.5 Å². The number of aromatic nitrogens is 1. The van der Waals surface area contributed by atoms with Gasteiger partial charge in [-0.05, 0) is 29.7 Å². The van der Waals surface area contributed by atoms with Crippen LogP contribution in [0, 0.1) is 5.92 Å². The molecule has 3 atom stereocenters. The number of carboxylic acid groups (broad SMARTS) is 1. The van der Waals surface area contributed by atoms with Crippen molar-refractivity contribution in [3.8, 4) is 0 Å². The quantitative estimate of drug-likeness (QED) is 0.826. The van der Waals surface area contributed by atoms with Gasteiger partial charge in [0.15, 0.2) is 0 Å². The maximum absolute atomic E-state index is 12.5. The van der Waals surface area contributed by atoms with E-state index in [4.69, 9.17) is 0 Å². The first-order chi connectivity index (χ1) is 12.0. The van der Waals surface area contributed by atoms with Gasteiger partial charge in [-0.25, -0.2) is 4.79 Å². The smallest absolute Gasteiger partial charge is 0.352 e. The maximum Gasteiger partial charge on any atom is 0.352 e. The highest BCUT2D eigenvalue weighted by atomic mass is 16.4. The molecule has 0 aromatic carbocycles. The van der Waals surface area contributed by atoms with Crippen LogP contribution in [0.3, 0.4) is 0 Å². The van der Waals surface area contributed by atoms with E-state index in [1.807, 2.05) is 18.2 Å². The second-order valence-corrected chi connectivity index (χ2v) is 6.57. The lowest BCUT2D eigenvalue weighted by Gasteiger charge is -2.49. The van der Waals surface area contributed by atoms with Crippen LogP contribution in [0.25, 0.3) is 6.08 Å². The molecular formula is C18H17N3O4. The Balaban J connectivity index is 1.70. The highest BCUT2D eigenvalue weighted by Crippen LogP contribution is 2.47. The largest absolute Gasteiger partial charge is 0.477 e. The molecule has 2 saturated heterocycles. The summed E-state index contributed by atoms with van der Waals surface area (Å²) in [6, 6.07) is 2.94. The highest BCUT2D eigenvalue weighted by Gasteiger charge is 2.63. The van der Waals surface area contributed by atoms with Crippen molar-refractivity contribution in [1.29, 1.82) is 0 Å². The van der Waals surface area contributed by atoms with Crippen molar-refractivity contribution in [3.05, 3.63) is 47.4 Å². The third kappa shape index (κ3) is 2.26. The first-order valence-electron chi connectivity index (χ1n) is 8.14. The summed E-state index contributed by atoms with van der Waals surface area (Å²) in [5, 5.41) is 9.64. The minimum Gasteiger partial charge on any atom is -0.477 e. The fourth-order valence-corrected chi connectivity index (χ4v) is 4.12. The van der Waals surface area contributed by atoms with Crippen LogP contribution in [0.5, 0.6) is 0 Å². The van der Waals surface area contributed by atoms with Gasteiger partial charge in [-0.3, -0.25) is 19.5 Å². The van der Waals surface area contributed by atoms with Crippen molar-refractivity contribution < 1.29 is 19.5 Å². The number of hydrogen-bond acceptors (Lipinski definition) is 4. The van der Waals surface area contributed by atoms with Gasteiger partial charge < -0.3 is 10.0 Å². The molecule has 7 nitrogen and oxygen atoms in total. The summed E-state index contributed by atoms with van der Waals surface area (Å²) in [4.78, 5) is 43.0. The van der Waals surface area contributed by atoms with Gasteiger partial charge >= 0.3 is 5.97 Å². The Hall–Kier alpha value is -2.96. The molecule has 25 heavy (non-hydrogen) atoms. The van der Waals surface area contributed by atoms with Gasteiger partial charge in [-0.15, -0.1) is 0 Å². The van der Waals surface area contributed by atoms with E-state index in [-0.39, 0.29) is 29.5 Å². The number of allylic oxidation sites excluding steroid dienone is 2. The molecule has 0 unspecified atom stereocenters. The maximum atomic E-state index is 12.5. The third-order valence-electron chi connectivity index (χ3n) is 5.18. The molecule has 7 heteroatoms. The Morgan fingerprint density at radius 2 is 2.00 bits per heavy atom. The SMILES string of the molecule is CC(=O)N1C[C@H]2CC(/C=C/c3ccncc3)=C(C(=O)O)N3C(=O)[C@@H]1[C@@H]23. The van der Waals surface area contributed by atoms with Crippen LogP contribution < -0.4 is 0 Å². The number of hydrogen-bond donors (Lipinski definition) is 1. The number of amides is 2. The molecular weight excluding hydrogens is 322 g/mol. The molecule has 0 saturated carbocycles. The number of rotatable bonds is 3. The summed E-state index contributed by atoms with van der Waals surface area (Å²) in [5.41, 5.74) is 1.56. The van der Waals surface area contributed by atoms with Crippen LogP contribution >= 0.6 is 0 Å². The lowest BCUT2D eigenvalue weighted by molar-refractivity contribution is -0.159. The average Bonchev–Trinajstić information content (AvgIpc) is 2.96. The van der Waals surface area contributed by atoms with Gasteiger partial charge in [-0.2, -0.15) is 0 Å². The number of aliphatic carboxylic acids is 1. The lowest BCUT2D eigenvalue weighted by Crippen LogP contribution is -2.69. The third-order valence-corrected chi connectivity index (χ3v) is 5.18. The molecule has 2 amide bonds. The summed E-state index contributed by atoms with van der Waals surface area (Å²) in [6.45, 7) is 1.94. The minimum absolute atomic E-state index is 0.0400. The first-order valence-corrected chi connectivity index (χ1v) is 8.14. The van der Waals surface area contributed by atoms with Gasteiger partial charge in [0.2, 0.25) is 5.91 Å². The van der Waals surface area contributed by atoms with E-state index < -0.39 is 12.0 Å². The van der Waals surface area contributed by atoms with Crippen molar-refractivity contribution in [3.63, 3.8) is 0 Å². The molecule has 1 N–H and O–H groups in total. The molecule has 3 aliphatic heterocycles. The average molecular weight is 339 g/mol. The molecule has 0 bridgehead atoms.